The van der Waals surface area contributed by atoms with E-state index in [0.29, 0.717) is 11.6 Å². The van der Waals surface area contributed by atoms with E-state index in [1.165, 1.54) is 31.4 Å². The third kappa shape index (κ3) is 3.52. The fourth-order valence-corrected chi connectivity index (χ4v) is 2.53. The molecule has 0 heterocycles. The lowest BCUT2D eigenvalue weighted by atomic mass is 9.94. The van der Waals surface area contributed by atoms with Crippen LogP contribution in [0, 0.1) is 21.4 Å². The lowest BCUT2D eigenvalue weighted by molar-refractivity contribution is -0.384. The smallest absolute Gasteiger partial charge is 0.269 e. The van der Waals surface area contributed by atoms with Crippen molar-refractivity contribution in [2.45, 2.75) is 44.2 Å². The summed E-state index contributed by atoms with van der Waals surface area (Å²) in [7, 11) is 0. The highest BCUT2D eigenvalue weighted by Crippen LogP contribution is 2.23. The molecular formula is C14H17N3O2. The van der Waals surface area contributed by atoms with Gasteiger partial charge in [-0.25, -0.2) is 0 Å². The number of nitriles is 1. The van der Waals surface area contributed by atoms with Crippen LogP contribution in [0.1, 0.15) is 43.7 Å². The van der Waals surface area contributed by atoms with Gasteiger partial charge >= 0.3 is 0 Å². The van der Waals surface area contributed by atoms with Crippen molar-refractivity contribution in [3.05, 3.63) is 39.9 Å². The zero-order valence-corrected chi connectivity index (χ0v) is 10.7. The van der Waals surface area contributed by atoms with Gasteiger partial charge < -0.3 is 0 Å². The number of non-ortho nitro benzene ring substituents is 1. The summed E-state index contributed by atoms with van der Waals surface area (Å²) >= 11 is 0. The van der Waals surface area contributed by atoms with Gasteiger partial charge in [0.05, 0.1) is 11.0 Å². The molecule has 2 rings (SSSR count). The van der Waals surface area contributed by atoms with E-state index in [1.54, 1.807) is 12.1 Å². The number of nitrogens with zero attached hydrogens (tertiary/aromatic N) is 2. The SMILES string of the molecule is N#CC(NC1CCCCC1)c1cccc([N+](=O)[O-])c1. The molecule has 1 N–H and O–H groups in total. The average molecular weight is 259 g/mol. The Labute approximate surface area is 112 Å². The highest BCUT2D eigenvalue weighted by Gasteiger charge is 2.20. The van der Waals surface area contributed by atoms with E-state index in [0.717, 1.165) is 12.8 Å². The van der Waals surface area contributed by atoms with Crippen LogP contribution < -0.4 is 5.32 Å². The van der Waals surface area contributed by atoms with Crippen molar-refractivity contribution in [2.24, 2.45) is 0 Å². The zero-order chi connectivity index (χ0) is 13.7. The summed E-state index contributed by atoms with van der Waals surface area (Å²) in [4.78, 5) is 10.3. The lowest BCUT2D eigenvalue weighted by Crippen LogP contribution is -2.33. The normalized spacial score (nSPS) is 17.6. The summed E-state index contributed by atoms with van der Waals surface area (Å²) in [6, 6.07) is 8.38. The Morgan fingerprint density at radius 3 is 2.74 bits per heavy atom. The fraction of sp³-hybridized carbons (Fsp3) is 0.500. The molecule has 0 aliphatic heterocycles. The van der Waals surface area contributed by atoms with E-state index < -0.39 is 11.0 Å². The minimum atomic E-state index is -0.469. The van der Waals surface area contributed by atoms with Crippen molar-refractivity contribution >= 4 is 5.69 Å². The Bertz CT molecular complexity index is 490. The van der Waals surface area contributed by atoms with Gasteiger partial charge in [0.1, 0.15) is 6.04 Å². The number of nitro benzene ring substituents is 1. The van der Waals surface area contributed by atoms with Crippen LogP contribution in [0.2, 0.25) is 0 Å². The van der Waals surface area contributed by atoms with E-state index in [2.05, 4.69) is 11.4 Å². The van der Waals surface area contributed by atoms with Gasteiger partial charge in [-0.2, -0.15) is 5.26 Å². The predicted octanol–water partition coefficient (Wildman–Crippen LogP) is 3.08. The first-order valence-electron chi connectivity index (χ1n) is 6.60. The summed E-state index contributed by atoms with van der Waals surface area (Å²) in [6.45, 7) is 0. The monoisotopic (exact) mass is 259 g/mol. The van der Waals surface area contributed by atoms with E-state index in [-0.39, 0.29) is 5.69 Å². The van der Waals surface area contributed by atoms with Crippen molar-refractivity contribution in [1.29, 1.82) is 5.26 Å². The second-order valence-electron chi connectivity index (χ2n) is 4.92. The number of nitrogens with one attached hydrogen (secondary N) is 1. The summed E-state index contributed by atoms with van der Waals surface area (Å²) in [5, 5.41) is 23.3. The molecule has 5 heteroatoms. The zero-order valence-electron chi connectivity index (χ0n) is 10.7. The molecule has 5 nitrogen and oxygen atoms in total. The van der Waals surface area contributed by atoms with Crippen LogP contribution in [0.15, 0.2) is 24.3 Å². The van der Waals surface area contributed by atoms with Crippen LogP contribution in [0.3, 0.4) is 0 Å². The molecule has 0 bridgehead atoms. The van der Waals surface area contributed by atoms with Crippen molar-refractivity contribution in [3.8, 4) is 6.07 Å². The molecule has 1 saturated carbocycles. The van der Waals surface area contributed by atoms with Gasteiger partial charge in [0, 0.05) is 18.2 Å². The van der Waals surface area contributed by atoms with Crippen molar-refractivity contribution < 1.29 is 4.92 Å². The molecular weight excluding hydrogens is 242 g/mol. The maximum atomic E-state index is 10.8. The van der Waals surface area contributed by atoms with Gasteiger partial charge in [-0.15, -0.1) is 0 Å². The third-order valence-corrected chi connectivity index (χ3v) is 3.55. The van der Waals surface area contributed by atoms with E-state index in [9.17, 15) is 15.4 Å². The van der Waals surface area contributed by atoms with Crippen molar-refractivity contribution in [2.75, 3.05) is 0 Å². The van der Waals surface area contributed by atoms with Crippen LogP contribution in [0.4, 0.5) is 5.69 Å². The van der Waals surface area contributed by atoms with Crippen LogP contribution in [-0.4, -0.2) is 11.0 Å². The van der Waals surface area contributed by atoms with E-state index >= 15 is 0 Å². The molecule has 0 saturated heterocycles. The van der Waals surface area contributed by atoms with Crippen LogP contribution in [0.25, 0.3) is 0 Å². The number of hydrogen-bond donors (Lipinski definition) is 1. The largest absolute Gasteiger partial charge is 0.295 e. The quantitative estimate of drug-likeness (QED) is 0.665. The van der Waals surface area contributed by atoms with Crippen LogP contribution in [-0.2, 0) is 0 Å². The molecule has 1 aromatic carbocycles. The Morgan fingerprint density at radius 1 is 1.37 bits per heavy atom. The van der Waals surface area contributed by atoms with Gasteiger partial charge in [-0.3, -0.25) is 15.4 Å². The molecule has 1 aliphatic carbocycles. The van der Waals surface area contributed by atoms with Crippen molar-refractivity contribution in [3.63, 3.8) is 0 Å². The van der Waals surface area contributed by atoms with Gasteiger partial charge in [0.2, 0.25) is 0 Å². The molecule has 1 aliphatic rings. The Kier molecular flexibility index (Phi) is 4.48. The van der Waals surface area contributed by atoms with Gasteiger partial charge in [0.15, 0.2) is 0 Å². The molecule has 1 aromatic rings. The maximum absolute atomic E-state index is 10.8. The standard InChI is InChI=1S/C14H17N3O2/c15-10-14(16-12-6-2-1-3-7-12)11-5-4-8-13(9-11)17(18)19/h4-5,8-9,12,14,16H,1-3,6-7H2. The van der Waals surface area contributed by atoms with Gasteiger partial charge in [0.25, 0.3) is 5.69 Å². The topological polar surface area (TPSA) is 79.0 Å². The number of rotatable bonds is 4. The fourth-order valence-electron chi connectivity index (χ4n) is 2.53. The second-order valence-corrected chi connectivity index (χ2v) is 4.92. The minimum absolute atomic E-state index is 0.0307. The van der Waals surface area contributed by atoms with E-state index in [1.807, 2.05) is 0 Å². The average Bonchev–Trinajstić information content (AvgIpc) is 2.46. The Morgan fingerprint density at radius 2 is 2.11 bits per heavy atom. The first kappa shape index (κ1) is 13.5. The highest BCUT2D eigenvalue weighted by molar-refractivity contribution is 5.37. The Balaban J connectivity index is 2.10. The summed E-state index contributed by atoms with van der Waals surface area (Å²) < 4.78 is 0. The van der Waals surface area contributed by atoms with Gasteiger partial charge in [-0.1, -0.05) is 31.4 Å². The molecule has 0 radical (unpaired) electrons. The van der Waals surface area contributed by atoms with Crippen LogP contribution >= 0.6 is 0 Å². The lowest BCUT2D eigenvalue weighted by Gasteiger charge is -2.25. The number of nitro groups is 1. The predicted molar refractivity (Wildman–Crippen MR) is 71.5 cm³/mol. The first-order chi connectivity index (χ1) is 9.20. The molecule has 1 unspecified atom stereocenters. The number of hydrogen-bond acceptors (Lipinski definition) is 4. The van der Waals surface area contributed by atoms with Crippen LogP contribution in [0.5, 0.6) is 0 Å². The summed E-state index contributed by atoms with van der Waals surface area (Å²) in [5.74, 6) is 0. The molecule has 1 atom stereocenters. The first-order valence-corrected chi connectivity index (χ1v) is 6.60. The number of benzene rings is 1. The maximum Gasteiger partial charge on any atom is 0.269 e. The summed E-state index contributed by atoms with van der Waals surface area (Å²) in [5.41, 5.74) is 0.700. The molecule has 0 spiro atoms. The van der Waals surface area contributed by atoms with E-state index in [4.69, 9.17) is 0 Å². The van der Waals surface area contributed by atoms with Crippen molar-refractivity contribution in [1.82, 2.24) is 5.32 Å². The Hall–Kier alpha value is -1.93. The van der Waals surface area contributed by atoms with Gasteiger partial charge in [-0.05, 0) is 18.4 Å². The summed E-state index contributed by atoms with van der Waals surface area (Å²) in [6.07, 6.45) is 5.78. The second kappa shape index (κ2) is 6.30. The molecule has 19 heavy (non-hydrogen) atoms. The molecule has 0 amide bonds. The minimum Gasteiger partial charge on any atom is -0.295 e. The molecule has 1 fully saturated rings. The highest BCUT2D eigenvalue weighted by atomic mass is 16.6. The molecule has 0 aromatic heterocycles. The molecule has 100 valence electrons. The third-order valence-electron chi connectivity index (χ3n) is 3.55.